The van der Waals surface area contributed by atoms with Gasteiger partial charge in [0.15, 0.2) is 0 Å². The van der Waals surface area contributed by atoms with Crippen molar-refractivity contribution in [1.82, 2.24) is 19.7 Å². The smallest absolute Gasteiger partial charge is 0.363 e. The summed E-state index contributed by atoms with van der Waals surface area (Å²) in [6, 6.07) is 0. The number of nitrogens with one attached hydrogen (secondary N) is 1. The Morgan fingerprint density at radius 2 is 2.44 bits per heavy atom. The van der Waals surface area contributed by atoms with E-state index >= 15 is 0 Å². The van der Waals surface area contributed by atoms with E-state index in [1.165, 1.54) is 23.9 Å². The standard InChI is InChI=1S/C7H8N6O2S/c1-8-7-11-10-6(16-7)3-12-2-5(9-4-12)13(14)15/h2,4H,3H2,1H3,(H,8,11). The van der Waals surface area contributed by atoms with E-state index < -0.39 is 4.92 Å². The fourth-order valence-corrected chi connectivity index (χ4v) is 1.81. The van der Waals surface area contributed by atoms with Crippen molar-refractivity contribution < 1.29 is 4.92 Å². The lowest BCUT2D eigenvalue weighted by Crippen LogP contribution is -1.95. The van der Waals surface area contributed by atoms with Gasteiger partial charge in [-0.25, -0.2) is 0 Å². The predicted octanol–water partition coefficient (Wildman–Crippen LogP) is 0.733. The maximum Gasteiger partial charge on any atom is 0.381 e. The van der Waals surface area contributed by atoms with E-state index in [0.29, 0.717) is 11.7 Å². The van der Waals surface area contributed by atoms with E-state index in [-0.39, 0.29) is 5.82 Å². The summed E-state index contributed by atoms with van der Waals surface area (Å²) in [7, 11) is 1.76. The van der Waals surface area contributed by atoms with Crippen molar-refractivity contribution in [3.05, 3.63) is 27.6 Å². The zero-order chi connectivity index (χ0) is 11.5. The first kappa shape index (κ1) is 10.5. The van der Waals surface area contributed by atoms with Crippen molar-refractivity contribution in [1.29, 1.82) is 0 Å². The number of hydrogen-bond donors (Lipinski definition) is 1. The lowest BCUT2D eigenvalue weighted by atomic mass is 10.6. The Morgan fingerprint density at radius 1 is 1.62 bits per heavy atom. The number of anilines is 1. The van der Waals surface area contributed by atoms with Crippen LogP contribution in [0.25, 0.3) is 0 Å². The molecule has 0 unspecified atom stereocenters. The van der Waals surface area contributed by atoms with Crippen molar-refractivity contribution in [2.24, 2.45) is 0 Å². The van der Waals surface area contributed by atoms with Crippen molar-refractivity contribution in [3.63, 3.8) is 0 Å². The van der Waals surface area contributed by atoms with Crippen LogP contribution in [0.1, 0.15) is 5.01 Å². The van der Waals surface area contributed by atoms with Gasteiger partial charge in [-0.2, -0.15) is 0 Å². The molecule has 0 aliphatic carbocycles. The molecule has 0 spiro atoms. The summed E-state index contributed by atoms with van der Waals surface area (Å²) in [5.74, 6) is -0.168. The second-order valence-corrected chi connectivity index (χ2v) is 3.97. The number of nitrogens with zero attached hydrogens (tertiary/aromatic N) is 5. The number of aromatic nitrogens is 4. The van der Waals surface area contributed by atoms with Gasteiger partial charge in [0, 0.05) is 7.05 Å². The number of nitro groups is 1. The Labute approximate surface area is 94.1 Å². The molecule has 2 aromatic rings. The molecule has 8 nitrogen and oxygen atoms in total. The van der Waals surface area contributed by atoms with Gasteiger partial charge in [0.25, 0.3) is 0 Å². The monoisotopic (exact) mass is 240 g/mol. The summed E-state index contributed by atoms with van der Waals surface area (Å²) in [5, 5.41) is 22.5. The Hall–Kier alpha value is -2.03. The first-order chi connectivity index (χ1) is 7.69. The number of imidazole rings is 1. The highest BCUT2D eigenvalue weighted by atomic mass is 32.1. The molecule has 1 N–H and O–H groups in total. The Morgan fingerprint density at radius 3 is 3.00 bits per heavy atom. The van der Waals surface area contributed by atoms with Crippen LogP contribution in [0.4, 0.5) is 10.9 Å². The first-order valence-electron chi connectivity index (χ1n) is 4.35. The highest BCUT2D eigenvalue weighted by Gasteiger charge is 2.11. The molecule has 0 fully saturated rings. The van der Waals surface area contributed by atoms with Crippen LogP contribution in [0.3, 0.4) is 0 Å². The number of hydrogen-bond acceptors (Lipinski definition) is 7. The topological polar surface area (TPSA) is 98.8 Å². The average molecular weight is 240 g/mol. The largest absolute Gasteiger partial charge is 0.381 e. The second-order valence-electron chi connectivity index (χ2n) is 2.91. The highest BCUT2D eigenvalue weighted by molar-refractivity contribution is 7.15. The number of rotatable bonds is 4. The van der Waals surface area contributed by atoms with Gasteiger partial charge in [-0.05, 0) is 9.91 Å². The van der Waals surface area contributed by atoms with Crippen LogP contribution in [0.2, 0.25) is 0 Å². The zero-order valence-electron chi connectivity index (χ0n) is 8.32. The molecule has 2 aromatic heterocycles. The Bertz CT molecular complexity index is 506. The quantitative estimate of drug-likeness (QED) is 0.624. The first-order valence-corrected chi connectivity index (χ1v) is 5.17. The fourth-order valence-electron chi connectivity index (χ4n) is 1.10. The lowest BCUT2D eigenvalue weighted by Gasteiger charge is -1.93. The molecule has 0 aliphatic rings. The van der Waals surface area contributed by atoms with Gasteiger partial charge in [-0.15, -0.1) is 10.2 Å². The van der Waals surface area contributed by atoms with E-state index in [2.05, 4.69) is 20.5 Å². The van der Waals surface area contributed by atoms with E-state index in [1.807, 2.05) is 0 Å². The van der Waals surface area contributed by atoms with E-state index in [0.717, 1.165) is 5.01 Å². The molecule has 0 aromatic carbocycles. The summed E-state index contributed by atoms with van der Waals surface area (Å²) in [4.78, 5) is 13.5. The minimum atomic E-state index is -0.532. The minimum absolute atomic E-state index is 0.168. The molecule has 9 heteroatoms. The maximum atomic E-state index is 10.4. The molecule has 2 rings (SSSR count). The Balaban J connectivity index is 2.11. The van der Waals surface area contributed by atoms with Crippen LogP contribution in [-0.2, 0) is 6.54 Å². The molecule has 0 atom stereocenters. The van der Waals surface area contributed by atoms with Gasteiger partial charge in [-0.3, -0.25) is 0 Å². The molecular formula is C7H8N6O2S. The third kappa shape index (κ3) is 2.14. The van der Waals surface area contributed by atoms with E-state index in [1.54, 1.807) is 11.6 Å². The summed E-state index contributed by atoms with van der Waals surface area (Å²) >= 11 is 1.39. The Kier molecular flexibility index (Phi) is 2.77. The molecule has 0 amide bonds. The van der Waals surface area contributed by atoms with Gasteiger partial charge in [0.1, 0.15) is 11.2 Å². The third-order valence-electron chi connectivity index (χ3n) is 1.81. The predicted molar refractivity (Wildman–Crippen MR) is 57.4 cm³/mol. The van der Waals surface area contributed by atoms with Crippen LogP contribution in [0, 0.1) is 10.1 Å². The molecule has 0 aliphatic heterocycles. The summed E-state index contributed by atoms with van der Waals surface area (Å²) in [5.41, 5.74) is 0. The fraction of sp³-hybridized carbons (Fsp3) is 0.286. The minimum Gasteiger partial charge on any atom is -0.363 e. The van der Waals surface area contributed by atoms with Gasteiger partial charge in [-0.1, -0.05) is 11.3 Å². The molecule has 16 heavy (non-hydrogen) atoms. The van der Waals surface area contributed by atoms with Crippen molar-refractivity contribution in [2.75, 3.05) is 12.4 Å². The maximum absolute atomic E-state index is 10.4. The van der Waals surface area contributed by atoms with E-state index in [9.17, 15) is 10.1 Å². The summed E-state index contributed by atoms with van der Waals surface area (Å²) in [6.45, 7) is 0.431. The van der Waals surface area contributed by atoms with Crippen LogP contribution >= 0.6 is 11.3 Å². The summed E-state index contributed by atoms with van der Waals surface area (Å²) < 4.78 is 1.60. The van der Waals surface area contributed by atoms with E-state index in [4.69, 9.17) is 0 Å². The van der Waals surface area contributed by atoms with Gasteiger partial charge >= 0.3 is 5.82 Å². The highest BCUT2D eigenvalue weighted by Crippen LogP contribution is 2.16. The molecule has 0 saturated heterocycles. The summed E-state index contributed by atoms with van der Waals surface area (Å²) in [6.07, 6.45) is 2.76. The SMILES string of the molecule is CNc1nnc(Cn2cnc([N+](=O)[O-])c2)s1. The van der Waals surface area contributed by atoms with Gasteiger partial charge in [0.05, 0.1) is 6.54 Å². The van der Waals surface area contributed by atoms with Crippen molar-refractivity contribution >= 4 is 22.3 Å². The molecule has 2 heterocycles. The van der Waals surface area contributed by atoms with Crippen molar-refractivity contribution in [3.8, 4) is 0 Å². The molecule has 84 valence electrons. The van der Waals surface area contributed by atoms with Crippen LogP contribution in [-0.4, -0.2) is 31.7 Å². The second kappa shape index (κ2) is 4.23. The normalized spacial score (nSPS) is 10.3. The van der Waals surface area contributed by atoms with Crippen molar-refractivity contribution in [2.45, 2.75) is 6.54 Å². The lowest BCUT2D eigenvalue weighted by molar-refractivity contribution is -0.389. The average Bonchev–Trinajstić information content (AvgIpc) is 2.87. The molecule has 0 saturated carbocycles. The van der Waals surface area contributed by atoms with Gasteiger partial charge < -0.3 is 20.0 Å². The zero-order valence-corrected chi connectivity index (χ0v) is 9.14. The molecule has 0 bridgehead atoms. The molecular weight excluding hydrogens is 232 g/mol. The molecule has 0 radical (unpaired) electrons. The third-order valence-corrected chi connectivity index (χ3v) is 2.73. The van der Waals surface area contributed by atoms with Crippen LogP contribution < -0.4 is 5.32 Å². The van der Waals surface area contributed by atoms with Crippen LogP contribution in [0.15, 0.2) is 12.5 Å². The van der Waals surface area contributed by atoms with Crippen LogP contribution in [0.5, 0.6) is 0 Å². The van der Waals surface area contributed by atoms with Gasteiger partial charge in [0.2, 0.25) is 11.5 Å².